The highest BCUT2D eigenvalue weighted by molar-refractivity contribution is 5.81. The molecule has 15 heteroatoms. The molecular formula is C29H33F6N9. The number of alkyl halides is 6. The molecule has 2 aliphatic rings. The van der Waals surface area contributed by atoms with Crippen LogP contribution in [0.1, 0.15) is 60.6 Å². The number of pyridine rings is 1. The van der Waals surface area contributed by atoms with Crippen LogP contribution >= 0.6 is 0 Å². The van der Waals surface area contributed by atoms with Gasteiger partial charge in [-0.05, 0) is 92.3 Å². The van der Waals surface area contributed by atoms with Crippen LogP contribution in [0.2, 0.25) is 0 Å². The van der Waals surface area contributed by atoms with Crippen LogP contribution in [0.25, 0.3) is 11.0 Å². The minimum atomic E-state index is -4.97. The number of halogens is 6. The van der Waals surface area contributed by atoms with Gasteiger partial charge in [-0.2, -0.15) is 36.2 Å². The number of hydrogen-bond acceptors (Lipinski definition) is 7. The van der Waals surface area contributed by atoms with Crippen LogP contribution in [0.15, 0.2) is 24.3 Å². The van der Waals surface area contributed by atoms with Crippen molar-refractivity contribution in [1.29, 1.82) is 0 Å². The molecule has 0 radical (unpaired) electrons. The van der Waals surface area contributed by atoms with Gasteiger partial charge in [0.15, 0.2) is 5.65 Å². The molecule has 6 rings (SSSR count). The van der Waals surface area contributed by atoms with Gasteiger partial charge < -0.3 is 10.2 Å². The Hall–Kier alpha value is -3.91. The average molecular weight is 622 g/mol. The number of benzene rings is 1. The van der Waals surface area contributed by atoms with Crippen molar-refractivity contribution >= 4 is 22.8 Å². The Labute approximate surface area is 249 Å². The van der Waals surface area contributed by atoms with E-state index in [1.165, 1.54) is 42.4 Å². The number of nitrogens with zero attached hydrogens (tertiary/aromatic N) is 8. The van der Waals surface area contributed by atoms with Gasteiger partial charge in [0.05, 0.1) is 23.9 Å². The quantitative estimate of drug-likeness (QED) is 0.209. The lowest BCUT2D eigenvalue weighted by Gasteiger charge is -2.28. The number of anilines is 2. The third-order valence-corrected chi connectivity index (χ3v) is 8.51. The topological polar surface area (TPSA) is 89.6 Å². The first kappa shape index (κ1) is 30.1. The summed E-state index contributed by atoms with van der Waals surface area (Å²) in [5, 5.41) is 21.0. The molecule has 2 saturated carbocycles. The molecule has 44 heavy (non-hydrogen) atoms. The standard InChI is InChI=1S/C29H33F6N9/c1-15-23-11-20(25(37-26(23)42(3)39-15)36-16(2)24(18-5-6-18)19-7-8-19)14-44(27-38-41-43(4)40-27)13-17-9-21(28(30,31)32)12-22(10-17)29(33,34)35/h9-12,16,18-19,24H,5-8,13-14H2,1-4H3,(H,36,37). The first-order valence-corrected chi connectivity index (χ1v) is 14.5. The summed E-state index contributed by atoms with van der Waals surface area (Å²) in [6.07, 6.45) is -5.11. The molecule has 2 fully saturated rings. The minimum absolute atomic E-state index is 0.0349. The smallest absolute Gasteiger partial charge is 0.367 e. The Morgan fingerprint density at radius 1 is 0.909 bits per heavy atom. The largest absolute Gasteiger partial charge is 0.416 e. The maximum Gasteiger partial charge on any atom is 0.416 e. The summed E-state index contributed by atoms with van der Waals surface area (Å²) in [6, 6.07) is 3.59. The van der Waals surface area contributed by atoms with Crippen molar-refractivity contribution in [3.8, 4) is 0 Å². The maximum atomic E-state index is 13.7. The van der Waals surface area contributed by atoms with Gasteiger partial charge in [-0.15, -0.1) is 5.10 Å². The van der Waals surface area contributed by atoms with Gasteiger partial charge in [-0.3, -0.25) is 4.68 Å². The number of aryl methyl sites for hydroxylation is 3. The zero-order chi connectivity index (χ0) is 31.6. The van der Waals surface area contributed by atoms with Crippen LogP contribution in [-0.4, -0.2) is 41.0 Å². The molecule has 2 aliphatic carbocycles. The predicted octanol–water partition coefficient (Wildman–Crippen LogP) is 6.28. The highest BCUT2D eigenvalue weighted by atomic mass is 19.4. The fourth-order valence-corrected chi connectivity index (χ4v) is 6.24. The highest BCUT2D eigenvalue weighted by Crippen LogP contribution is 2.51. The summed E-state index contributed by atoms with van der Waals surface area (Å²) in [7, 11) is 3.33. The second kappa shape index (κ2) is 10.9. The monoisotopic (exact) mass is 621 g/mol. The van der Waals surface area contributed by atoms with Gasteiger partial charge in [0.25, 0.3) is 5.95 Å². The molecule has 4 aromatic rings. The number of hydrogen-bond donors (Lipinski definition) is 1. The van der Waals surface area contributed by atoms with Gasteiger partial charge >= 0.3 is 12.4 Å². The second-order valence-corrected chi connectivity index (χ2v) is 12.1. The van der Waals surface area contributed by atoms with Gasteiger partial charge in [0.2, 0.25) is 0 Å². The maximum absolute atomic E-state index is 13.7. The van der Waals surface area contributed by atoms with E-state index in [1.54, 1.807) is 11.7 Å². The van der Waals surface area contributed by atoms with Gasteiger partial charge in [0, 0.05) is 37.1 Å². The number of fused-ring (bicyclic) bond motifs is 1. The van der Waals surface area contributed by atoms with Crippen LogP contribution < -0.4 is 10.2 Å². The van der Waals surface area contributed by atoms with Crippen molar-refractivity contribution in [3.05, 3.63) is 52.2 Å². The molecule has 0 amide bonds. The average Bonchev–Trinajstić information content (AvgIpc) is 3.87. The minimum Gasteiger partial charge on any atom is -0.367 e. The summed E-state index contributed by atoms with van der Waals surface area (Å²) in [6.45, 7) is 3.69. The molecule has 1 atom stereocenters. The van der Waals surface area contributed by atoms with Crippen molar-refractivity contribution in [2.24, 2.45) is 31.8 Å². The summed E-state index contributed by atoms with van der Waals surface area (Å²) < 4.78 is 83.6. The molecule has 1 unspecified atom stereocenters. The normalized spacial score (nSPS) is 16.6. The molecule has 9 nitrogen and oxygen atoms in total. The lowest BCUT2D eigenvalue weighted by Crippen LogP contribution is -2.31. The van der Waals surface area contributed by atoms with Crippen LogP contribution in [0.5, 0.6) is 0 Å². The van der Waals surface area contributed by atoms with Crippen LogP contribution in [-0.2, 0) is 39.5 Å². The van der Waals surface area contributed by atoms with E-state index >= 15 is 0 Å². The first-order valence-electron chi connectivity index (χ1n) is 14.5. The van der Waals surface area contributed by atoms with Crippen molar-refractivity contribution < 1.29 is 26.3 Å². The molecule has 1 aromatic carbocycles. The van der Waals surface area contributed by atoms with E-state index in [0.717, 1.165) is 23.2 Å². The number of tetrazole rings is 1. The van der Waals surface area contributed by atoms with E-state index in [2.05, 4.69) is 32.7 Å². The van der Waals surface area contributed by atoms with E-state index in [0.29, 0.717) is 34.8 Å². The summed E-state index contributed by atoms with van der Waals surface area (Å²) in [5.41, 5.74) is -0.886. The fraction of sp³-hybridized carbons (Fsp3) is 0.552. The molecule has 0 saturated heterocycles. The van der Waals surface area contributed by atoms with Gasteiger partial charge in [-0.25, -0.2) is 4.98 Å². The SMILES string of the molecule is Cc1nn(C)c2nc(NC(C)C(C3CC3)C3CC3)c(CN(Cc3cc(C(F)(F)F)cc(C(F)(F)F)c3)c3nnn(C)n3)cc12. The zero-order valence-corrected chi connectivity index (χ0v) is 24.7. The Balaban J connectivity index is 1.40. The number of nitrogens with one attached hydrogen (secondary N) is 1. The lowest BCUT2D eigenvalue weighted by atomic mass is 9.90. The van der Waals surface area contributed by atoms with Gasteiger partial charge in [-0.1, -0.05) is 5.10 Å². The Kier molecular flexibility index (Phi) is 7.47. The molecule has 0 bridgehead atoms. The Morgan fingerprint density at radius 3 is 2.05 bits per heavy atom. The number of rotatable bonds is 10. The van der Waals surface area contributed by atoms with Crippen molar-refractivity contribution in [2.75, 3.05) is 10.2 Å². The molecule has 1 N–H and O–H groups in total. The second-order valence-electron chi connectivity index (χ2n) is 12.1. The predicted molar refractivity (Wildman–Crippen MR) is 150 cm³/mol. The van der Waals surface area contributed by atoms with Crippen LogP contribution in [0.3, 0.4) is 0 Å². The summed E-state index contributed by atoms with van der Waals surface area (Å²) in [4.78, 5) is 7.62. The van der Waals surface area contributed by atoms with Crippen LogP contribution in [0.4, 0.5) is 38.1 Å². The van der Waals surface area contributed by atoms with Crippen molar-refractivity contribution in [2.45, 2.75) is 71.0 Å². The molecule has 3 aromatic heterocycles. The summed E-state index contributed by atoms with van der Waals surface area (Å²) >= 11 is 0. The Morgan fingerprint density at radius 2 is 1.52 bits per heavy atom. The van der Waals surface area contributed by atoms with E-state index in [9.17, 15) is 26.3 Å². The molecule has 0 aliphatic heterocycles. The molecule has 236 valence electrons. The number of aromatic nitrogens is 7. The first-order chi connectivity index (χ1) is 20.7. The third kappa shape index (κ3) is 6.32. The van der Waals surface area contributed by atoms with E-state index < -0.39 is 23.5 Å². The Bertz CT molecular complexity index is 1620. The van der Waals surface area contributed by atoms with Crippen molar-refractivity contribution in [1.82, 2.24) is 35.0 Å². The van der Waals surface area contributed by atoms with Crippen molar-refractivity contribution in [3.63, 3.8) is 0 Å². The molecular weight excluding hydrogens is 588 g/mol. The highest BCUT2D eigenvalue weighted by Gasteiger charge is 2.44. The zero-order valence-electron chi connectivity index (χ0n) is 24.7. The summed E-state index contributed by atoms with van der Waals surface area (Å²) in [5.74, 6) is 2.46. The van der Waals surface area contributed by atoms with Crippen LogP contribution in [0, 0.1) is 24.7 Å². The molecule has 3 heterocycles. The van der Waals surface area contributed by atoms with Gasteiger partial charge in [0.1, 0.15) is 5.82 Å². The lowest BCUT2D eigenvalue weighted by molar-refractivity contribution is -0.143. The molecule has 0 spiro atoms. The van der Waals surface area contributed by atoms with E-state index in [-0.39, 0.29) is 36.7 Å². The fourth-order valence-electron chi connectivity index (χ4n) is 6.24. The van der Waals surface area contributed by atoms with E-state index in [4.69, 9.17) is 4.98 Å². The van der Waals surface area contributed by atoms with E-state index in [1.807, 2.05) is 13.0 Å². The third-order valence-electron chi connectivity index (χ3n) is 8.51.